The second kappa shape index (κ2) is 7.62. The van der Waals surface area contributed by atoms with Crippen LogP contribution in [0.4, 0.5) is 4.79 Å². The second-order valence-corrected chi connectivity index (χ2v) is 6.00. The van der Waals surface area contributed by atoms with Crippen molar-refractivity contribution >= 4 is 6.03 Å². The predicted octanol–water partition coefficient (Wildman–Crippen LogP) is 2.27. The number of aliphatic hydroxyl groups is 1. The normalized spacial score (nSPS) is 25.8. The fourth-order valence-electron chi connectivity index (χ4n) is 2.67. The predicted molar refractivity (Wildman–Crippen MR) is 73.4 cm³/mol. The SMILES string of the molecule is CC(C)CC(CO)NC(=O)NC1CCCCC1C. The highest BCUT2D eigenvalue weighted by atomic mass is 16.3. The molecule has 1 rings (SSSR count). The van der Waals surface area contributed by atoms with E-state index in [1.54, 1.807) is 0 Å². The molecule has 3 unspecified atom stereocenters. The van der Waals surface area contributed by atoms with E-state index < -0.39 is 0 Å². The summed E-state index contributed by atoms with van der Waals surface area (Å²) in [5.41, 5.74) is 0. The number of urea groups is 1. The number of hydrogen-bond donors (Lipinski definition) is 3. The first-order valence-electron chi connectivity index (χ1n) is 7.20. The van der Waals surface area contributed by atoms with Crippen molar-refractivity contribution in [3.8, 4) is 0 Å². The van der Waals surface area contributed by atoms with Crippen molar-refractivity contribution in [3.05, 3.63) is 0 Å². The number of carbonyl (C=O) groups is 1. The maximum atomic E-state index is 11.9. The van der Waals surface area contributed by atoms with Crippen molar-refractivity contribution in [1.29, 1.82) is 0 Å². The van der Waals surface area contributed by atoms with Crippen molar-refractivity contribution in [1.82, 2.24) is 10.6 Å². The average Bonchev–Trinajstić information content (AvgIpc) is 2.30. The number of rotatable bonds is 5. The molecule has 4 nitrogen and oxygen atoms in total. The zero-order valence-electron chi connectivity index (χ0n) is 11.9. The Bertz CT molecular complexity index is 256. The molecule has 0 aromatic heterocycles. The number of carbonyl (C=O) groups excluding carboxylic acids is 1. The van der Waals surface area contributed by atoms with Gasteiger partial charge in [-0.15, -0.1) is 0 Å². The molecule has 18 heavy (non-hydrogen) atoms. The number of aliphatic hydroxyl groups excluding tert-OH is 1. The van der Waals surface area contributed by atoms with E-state index in [9.17, 15) is 9.90 Å². The maximum absolute atomic E-state index is 11.9. The van der Waals surface area contributed by atoms with E-state index in [1.807, 2.05) is 0 Å². The third kappa shape index (κ3) is 5.25. The maximum Gasteiger partial charge on any atom is 0.315 e. The van der Waals surface area contributed by atoms with Crippen LogP contribution in [0.2, 0.25) is 0 Å². The van der Waals surface area contributed by atoms with E-state index in [-0.39, 0.29) is 24.7 Å². The van der Waals surface area contributed by atoms with Gasteiger partial charge in [-0.05, 0) is 31.1 Å². The fraction of sp³-hybridized carbons (Fsp3) is 0.929. The Morgan fingerprint density at radius 3 is 2.56 bits per heavy atom. The highest BCUT2D eigenvalue weighted by molar-refractivity contribution is 5.74. The number of hydrogen-bond acceptors (Lipinski definition) is 2. The van der Waals surface area contributed by atoms with Crippen molar-refractivity contribution in [2.75, 3.05) is 6.61 Å². The molecule has 1 aliphatic rings. The molecule has 0 aliphatic heterocycles. The van der Waals surface area contributed by atoms with Gasteiger partial charge >= 0.3 is 6.03 Å². The summed E-state index contributed by atoms with van der Waals surface area (Å²) < 4.78 is 0. The molecule has 0 spiro atoms. The standard InChI is InChI=1S/C14H28N2O2/c1-10(2)8-12(9-17)15-14(18)16-13-7-5-4-6-11(13)3/h10-13,17H,4-9H2,1-3H3,(H2,15,16,18). The molecule has 1 saturated carbocycles. The van der Waals surface area contributed by atoms with E-state index in [1.165, 1.54) is 19.3 Å². The topological polar surface area (TPSA) is 61.4 Å². The van der Waals surface area contributed by atoms with Gasteiger partial charge in [-0.25, -0.2) is 4.79 Å². The van der Waals surface area contributed by atoms with Crippen LogP contribution < -0.4 is 10.6 Å². The van der Waals surface area contributed by atoms with Crippen LogP contribution in [0.1, 0.15) is 52.9 Å². The van der Waals surface area contributed by atoms with Crippen molar-refractivity contribution in [2.45, 2.75) is 65.0 Å². The quantitative estimate of drug-likeness (QED) is 0.706. The summed E-state index contributed by atoms with van der Waals surface area (Å²) in [6, 6.07) is 0.0227. The van der Waals surface area contributed by atoms with Gasteiger partial charge in [0.1, 0.15) is 0 Å². The number of amides is 2. The van der Waals surface area contributed by atoms with E-state index in [2.05, 4.69) is 31.4 Å². The van der Waals surface area contributed by atoms with Crippen LogP contribution in [0.5, 0.6) is 0 Å². The molecule has 1 fully saturated rings. The highest BCUT2D eigenvalue weighted by Gasteiger charge is 2.23. The molecule has 0 heterocycles. The Balaban J connectivity index is 2.34. The third-order valence-corrected chi connectivity index (χ3v) is 3.74. The molecule has 0 aromatic carbocycles. The van der Waals surface area contributed by atoms with Crippen LogP contribution >= 0.6 is 0 Å². The first-order chi connectivity index (χ1) is 8.52. The van der Waals surface area contributed by atoms with E-state index in [4.69, 9.17) is 0 Å². The van der Waals surface area contributed by atoms with Crippen LogP contribution in [0.3, 0.4) is 0 Å². The molecule has 1 aliphatic carbocycles. The summed E-state index contributed by atoms with van der Waals surface area (Å²) in [5, 5.41) is 15.2. The van der Waals surface area contributed by atoms with Gasteiger partial charge in [-0.3, -0.25) is 0 Å². The van der Waals surface area contributed by atoms with Crippen LogP contribution in [0.25, 0.3) is 0 Å². The van der Waals surface area contributed by atoms with Crippen LogP contribution in [-0.2, 0) is 0 Å². The number of nitrogens with one attached hydrogen (secondary N) is 2. The summed E-state index contributed by atoms with van der Waals surface area (Å²) in [5.74, 6) is 1.03. The molecule has 3 atom stereocenters. The third-order valence-electron chi connectivity index (χ3n) is 3.74. The minimum atomic E-state index is -0.135. The Morgan fingerprint density at radius 2 is 2.00 bits per heavy atom. The molecule has 0 aromatic rings. The van der Waals surface area contributed by atoms with E-state index >= 15 is 0 Å². The first-order valence-corrected chi connectivity index (χ1v) is 7.20. The molecule has 0 bridgehead atoms. The average molecular weight is 256 g/mol. The molecule has 0 saturated heterocycles. The van der Waals surface area contributed by atoms with Crippen molar-refractivity contribution in [3.63, 3.8) is 0 Å². The minimum absolute atomic E-state index is 0.00577. The molecule has 4 heteroatoms. The van der Waals surface area contributed by atoms with E-state index in [0.717, 1.165) is 12.8 Å². The summed E-state index contributed by atoms with van der Waals surface area (Å²) in [7, 11) is 0. The molecule has 106 valence electrons. The van der Waals surface area contributed by atoms with Gasteiger partial charge < -0.3 is 15.7 Å². The fourth-order valence-corrected chi connectivity index (χ4v) is 2.67. The Labute approximate surface area is 111 Å². The van der Waals surface area contributed by atoms with Gasteiger partial charge in [0.2, 0.25) is 0 Å². The molecule has 2 amide bonds. The highest BCUT2D eigenvalue weighted by Crippen LogP contribution is 2.23. The lowest BCUT2D eigenvalue weighted by molar-refractivity contribution is 0.196. The Morgan fingerprint density at radius 1 is 1.33 bits per heavy atom. The summed E-state index contributed by atoms with van der Waals surface area (Å²) in [6.07, 6.45) is 5.55. The molecule has 3 N–H and O–H groups in total. The second-order valence-electron chi connectivity index (χ2n) is 6.00. The van der Waals surface area contributed by atoms with Gasteiger partial charge in [0, 0.05) is 6.04 Å². The van der Waals surface area contributed by atoms with Crippen molar-refractivity contribution in [2.24, 2.45) is 11.8 Å². The first kappa shape index (κ1) is 15.3. The van der Waals surface area contributed by atoms with Gasteiger partial charge in [-0.2, -0.15) is 0 Å². The lowest BCUT2D eigenvalue weighted by atomic mass is 9.86. The molecule has 0 radical (unpaired) electrons. The molecular formula is C14H28N2O2. The monoisotopic (exact) mass is 256 g/mol. The van der Waals surface area contributed by atoms with Crippen molar-refractivity contribution < 1.29 is 9.90 Å². The van der Waals surface area contributed by atoms with Crippen LogP contribution in [0.15, 0.2) is 0 Å². The minimum Gasteiger partial charge on any atom is -0.394 e. The summed E-state index contributed by atoms with van der Waals surface area (Å²) >= 11 is 0. The summed E-state index contributed by atoms with van der Waals surface area (Å²) in [6.45, 7) is 6.38. The lowest BCUT2D eigenvalue weighted by Crippen LogP contribution is -2.50. The van der Waals surface area contributed by atoms with E-state index in [0.29, 0.717) is 11.8 Å². The smallest absolute Gasteiger partial charge is 0.315 e. The van der Waals surface area contributed by atoms with Gasteiger partial charge in [0.25, 0.3) is 0 Å². The Hall–Kier alpha value is -0.770. The summed E-state index contributed by atoms with van der Waals surface area (Å²) in [4.78, 5) is 11.9. The lowest BCUT2D eigenvalue weighted by Gasteiger charge is -2.30. The van der Waals surface area contributed by atoms with Gasteiger partial charge in [-0.1, -0.05) is 33.6 Å². The zero-order chi connectivity index (χ0) is 13.5. The largest absolute Gasteiger partial charge is 0.394 e. The van der Waals surface area contributed by atoms with Crippen LogP contribution in [-0.4, -0.2) is 29.8 Å². The Kier molecular flexibility index (Phi) is 6.47. The zero-order valence-corrected chi connectivity index (χ0v) is 11.9. The van der Waals surface area contributed by atoms with Gasteiger partial charge in [0.15, 0.2) is 0 Å². The molecular weight excluding hydrogens is 228 g/mol. The van der Waals surface area contributed by atoms with Gasteiger partial charge in [0.05, 0.1) is 12.6 Å². The van der Waals surface area contributed by atoms with Crippen LogP contribution in [0, 0.1) is 11.8 Å².